The maximum absolute atomic E-state index is 13.0. The molecule has 0 spiro atoms. The normalized spacial score (nSPS) is 13.5. The van der Waals surface area contributed by atoms with E-state index in [-0.39, 0.29) is 43.3 Å². The molecule has 6 heteroatoms. The first-order valence-electron chi connectivity index (χ1n) is 32.9. The Morgan fingerprint density at radius 3 is 0.791 bits per heavy atom. The number of aryl methyl sites for hydroxylation is 4. The van der Waals surface area contributed by atoms with Crippen molar-refractivity contribution in [3.63, 3.8) is 0 Å². The number of benzene rings is 6. The molecule has 0 saturated heterocycles. The van der Waals surface area contributed by atoms with Crippen molar-refractivity contribution in [2.45, 2.75) is 289 Å². The smallest absolute Gasteiger partial charge is 0.200 e. The Morgan fingerprint density at radius 2 is 0.500 bits per heavy atom. The summed E-state index contributed by atoms with van der Waals surface area (Å²) in [6.07, 6.45) is 7.30. The minimum absolute atomic E-state index is 0.0949. The van der Waals surface area contributed by atoms with E-state index in [4.69, 9.17) is 0 Å². The number of hydrogen-bond acceptors (Lipinski definition) is 4. The Balaban J connectivity index is 2.17. The lowest BCUT2D eigenvalue weighted by Gasteiger charge is -2.36. The van der Waals surface area contributed by atoms with Crippen LogP contribution in [0.2, 0.25) is 0 Å². The summed E-state index contributed by atoms with van der Waals surface area (Å²) in [5.74, 6) is 0. The van der Waals surface area contributed by atoms with Gasteiger partial charge in [-0.2, -0.15) is 0 Å². The van der Waals surface area contributed by atoms with E-state index in [0.717, 1.165) is 118 Å². The largest absolute Gasteiger partial charge is 0.347 e. The molecule has 0 fully saturated rings. The second kappa shape index (κ2) is 25.7. The molecule has 0 aliphatic rings. The Labute approximate surface area is 527 Å². The predicted molar refractivity (Wildman–Crippen MR) is 381 cm³/mol. The van der Waals surface area contributed by atoms with Gasteiger partial charge in [0.25, 0.3) is 0 Å². The maximum atomic E-state index is 13.0. The van der Waals surface area contributed by atoms with Gasteiger partial charge in [-0.05, 0) is 240 Å². The van der Waals surface area contributed by atoms with Gasteiger partial charge in [0.15, 0.2) is 8.38 Å². The topological polar surface area (TPSA) is 80.9 Å². The summed E-state index contributed by atoms with van der Waals surface area (Å²) in [6.45, 7) is 64.7. The van der Waals surface area contributed by atoms with Gasteiger partial charge in [-0.1, -0.05) is 233 Å². The molecular formula is C80H116O4P2. The van der Waals surface area contributed by atoms with Gasteiger partial charge in [0.1, 0.15) is 0 Å². The summed E-state index contributed by atoms with van der Waals surface area (Å²) >= 11 is 0. The van der Waals surface area contributed by atoms with E-state index in [1.807, 2.05) is 6.07 Å². The fourth-order valence-corrected chi connectivity index (χ4v) is 14.9. The van der Waals surface area contributed by atoms with Crippen LogP contribution in [-0.4, -0.2) is 19.6 Å². The maximum Gasteiger partial charge on any atom is 0.200 e. The minimum Gasteiger partial charge on any atom is -0.347 e. The third-order valence-corrected chi connectivity index (χ3v) is 24.2. The summed E-state index contributed by atoms with van der Waals surface area (Å²) < 4.78 is 0. The molecule has 4 N–H and O–H groups in total. The fraction of sp³-hybridized carbons (Fsp3) is 0.550. The average Bonchev–Trinajstić information content (AvgIpc) is 2.00. The van der Waals surface area contributed by atoms with Crippen molar-refractivity contribution in [2.75, 3.05) is 0 Å². The molecule has 0 aliphatic carbocycles. The van der Waals surface area contributed by atoms with Crippen LogP contribution in [0.4, 0.5) is 0 Å². The molecule has 0 aromatic heterocycles. The fourth-order valence-electron chi connectivity index (χ4n) is 13.4. The van der Waals surface area contributed by atoms with Crippen LogP contribution in [0.3, 0.4) is 0 Å². The van der Waals surface area contributed by atoms with Crippen molar-refractivity contribution in [3.8, 4) is 55.6 Å². The second-order valence-corrected chi connectivity index (χ2v) is 33.2. The molecule has 0 radical (unpaired) electrons. The van der Waals surface area contributed by atoms with Crippen LogP contribution in [-0.2, 0) is 43.3 Å². The van der Waals surface area contributed by atoms with E-state index in [1.54, 1.807) is 0 Å². The van der Waals surface area contributed by atoms with Crippen LogP contribution in [0.5, 0.6) is 0 Å². The number of hydrogen-bond donors (Lipinski definition) is 4. The minimum atomic E-state index is -2.84. The molecule has 0 unspecified atom stereocenters. The van der Waals surface area contributed by atoms with Crippen molar-refractivity contribution in [3.05, 3.63) is 140 Å². The molecule has 0 saturated carbocycles. The first-order valence-corrected chi connectivity index (χ1v) is 35.4. The lowest BCUT2D eigenvalue weighted by Crippen LogP contribution is -2.25. The summed E-state index contributed by atoms with van der Waals surface area (Å²) in [5, 5.41) is 0.978. The van der Waals surface area contributed by atoms with Gasteiger partial charge in [-0.15, -0.1) is 0 Å². The van der Waals surface area contributed by atoms with Crippen molar-refractivity contribution < 1.29 is 19.6 Å². The Morgan fingerprint density at radius 1 is 0.256 bits per heavy atom. The van der Waals surface area contributed by atoms with Crippen LogP contribution in [0.1, 0.15) is 284 Å². The first kappa shape index (κ1) is 71.1. The van der Waals surface area contributed by atoms with Crippen molar-refractivity contribution >= 4 is 27.4 Å². The Kier molecular flexibility index (Phi) is 21.3. The van der Waals surface area contributed by atoms with Crippen molar-refractivity contribution in [1.82, 2.24) is 0 Å². The third-order valence-electron chi connectivity index (χ3n) is 22.5. The standard InChI is InChI=1S/C80H116O4P2/c1-29-73(13,14)60-45-64(77(21,22)33-5)56(41-49(60)9)53-37-38-54(57-42-50(10)61(74(15,16)30-2)46-65(57)78(23,24)34-6)72(86(83)84)70(53)55-39-40-68(85(81)82)71(59-44-52(12)63(76(19,20)32-4)48-67(59)80(27,28)36-8)69(55)58-43-51(11)62(75(17,18)31-3)47-66(58)79(25,26)35-7/h37-48,81-84H,29-36H2,1-28H3. The zero-order valence-electron chi connectivity index (χ0n) is 59.3. The monoisotopic (exact) mass is 1200 g/mol. The second-order valence-electron chi connectivity index (χ2n) is 31.1. The highest BCUT2D eigenvalue weighted by Gasteiger charge is 2.39. The SMILES string of the molecule is CCC(C)(C)c1cc(C(C)(C)CC)c(-c2ccc(-c3cc(C)c(C(C)(C)CC)cc3C(C)(C)CC)c(P(O)O)c2-c2ccc(P(O)O)c(-c3cc(C)c(C(C)(C)CC)cc3C(C)(C)CC)c2-c2cc(C)c(C(C)(C)CC)cc2C(C)(C)CC)cc1C. The van der Waals surface area contributed by atoms with E-state index >= 15 is 0 Å². The Bertz CT molecular complexity index is 3460. The van der Waals surface area contributed by atoms with Crippen molar-refractivity contribution in [1.29, 1.82) is 0 Å². The summed E-state index contributed by atoms with van der Waals surface area (Å²) in [7, 11) is -5.53. The van der Waals surface area contributed by atoms with Crippen LogP contribution < -0.4 is 10.6 Å². The quantitative estimate of drug-likeness (QED) is 0.0482. The van der Waals surface area contributed by atoms with Gasteiger partial charge in [0, 0.05) is 21.7 Å². The summed E-state index contributed by atoms with van der Waals surface area (Å²) in [6, 6.07) is 28.0. The Hall–Kier alpha value is -3.98. The molecule has 0 aliphatic heterocycles. The van der Waals surface area contributed by atoms with Crippen LogP contribution >= 0.6 is 16.8 Å². The highest BCUT2D eigenvalue weighted by Crippen LogP contribution is 2.56. The first-order chi connectivity index (χ1) is 39.6. The molecule has 0 heterocycles. The van der Waals surface area contributed by atoms with Gasteiger partial charge in [-0.3, -0.25) is 0 Å². The molecule has 6 rings (SSSR count). The molecule has 0 amide bonds. The molecular weight excluding hydrogens is 1090 g/mol. The van der Waals surface area contributed by atoms with E-state index in [1.165, 1.54) is 55.6 Å². The van der Waals surface area contributed by atoms with Crippen molar-refractivity contribution in [2.24, 2.45) is 0 Å². The lowest BCUT2D eigenvalue weighted by molar-refractivity contribution is 0.487. The van der Waals surface area contributed by atoms with Gasteiger partial charge < -0.3 is 19.6 Å². The highest BCUT2D eigenvalue weighted by atomic mass is 31.2. The van der Waals surface area contributed by atoms with E-state index < -0.39 is 16.8 Å². The zero-order valence-corrected chi connectivity index (χ0v) is 61.1. The van der Waals surface area contributed by atoms with Gasteiger partial charge in [0.2, 0.25) is 8.38 Å². The summed E-state index contributed by atoms with van der Waals surface area (Å²) in [4.78, 5) is 50.7. The van der Waals surface area contributed by atoms with E-state index in [2.05, 4.69) is 261 Å². The van der Waals surface area contributed by atoms with Gasteiger partial charge >= 0.3 is 0 Å². The van der Waals surface area contributed by atoms with Crippen LogP contribution in [0.15, 0.2) is 72.8 Å². The lowest BCUT2D eigenvalue weighted by atomic mass is 9.69. The predicted octanol–water partition coefficient (Wildman–Crippen LogP) is 22.6. The van der Waals surface area contributed by atoms with E-state index in [9.17, 15) is 19.6 Å². The molecule has 86 heavy (non-hydrogen) atoms. The number of rotatable bonds is 23. The highest BCUT2D eigenvalue weighted by molar-refractivity contribution is 7.55. The molecule has 6 aromatic rings. The van der Waals surface area contributed by atoms with Crippen LogP contribution in [0.25, 0.3) is 55.6 Å². The molecule has 0 atom stereocenters. The van der Waals surface area contributed by atoms with E-state index in [0.29, 0.717) is 10.6 Å². The van der Waals surface area contributed by atoms with Gasteiger partial charge in [-0.25, -0.2) is 0 Å². The zero-order chi connectivity index (χ0) is 65.2. The molecule has 0 bridgehead atoms. The van der Waals surface area contributed by atoms with Crippen LogP contribution in [0, 0.1) is 27.7 Å². The molecule has 6 aromatic carbocycles. The average molecular weight is 1200 g/mol. The molecule has 470 valence electrons. The van der Waals surface area contributed by atoms with Gasteiger partial charge in [0.05, 0.1) is 0 Å². The summed E-state index contributed by atoms with van der Waals surface area (Å²) in [5.41, 5.74) is 22.0. The third kappa shape index (κ3) is 13.3. The molecule has 4 nitrogen and oxygen atoms in total.